The predicted octanol–water partition coefficient (Wildman–Crippen LogP) is 6.64. The first kappa shape index (κ1) is 37.0. The fourth-order valence-corrected chi connectivity index (χ4v) is 8.21. The first-order valence-electron chi connectivity index (χ1n) is 18.5. The number of alkyl halides is 2. The number of aryl methyl sites for hydroxylation is 2. The van der Waals surface area contributed by atoms with Crippen molar-refractivity contribution in [2.75, 3.05) is 20.8 Å². The minimum Gasteiger partial charge on any atom is -0.496 e. The maximum Gasteiger partial charge on any atom is 0.329 e. The van der Waals surface area contributed by atoms with Crippen molar-refractivity contribution in [3.05, 3.63) is 110 Å². The summed E-state index contributed by atoms with van der Waals surface area (Å²) in [4.78, 5) is 55.7. The molecule has 288 valence electrons. The monoisotopic (exact) mass is 761 g/mol. The van der Waals surface area contributed by atoms with Crippen LogP contribution in [0.5, 0.6) is 11.5 Å². The first-order valence-corrected chi connectivity index (χ1v) is 18.5. The molecule has 1 unspecified atom stereocenters. The van der Waals surface area contributed by atoms with E-state index >= 15 is 8.78 Å². The van der Waals surface area contributed by atoms with Crippen LogP contribution < -0.4 is 20.7 Å². The highest BCUT2D eigenvalue weighted by atomic mass is 19.3. The molecule has 0 bridgehead atoms. The Morgan fingerprint density at radius 3 is 2.38 bits per heavy atom. The number of nitrogens with zero attached hydrogens (tertiary/aromatic N) is 5. The number of aldehydes is 2. The molecule has 0 N–H and O–H groups in total. The van der Waals surface area contributed by atoms with Gasteiger partial charge in [0.15, 0.2) is 0 Å². The smallest absolute Gasteiger partial charge is 0.329 e. The molecule has 0 saturated heterocycles. The van der Waals surface area contributed by atoms with Crippen molar-refractivity contribution in [3.8, 4) is 33.8 Å². The second kappa shape index (κ2) is 14.3. The summed E-state index contributed by atoms with van der Waals surface area (Å²) in [5, 5.41) is 1.29. The minimum absolute atomic E-state index is 0.0969. The van der Waals surface area contributed by atoms with Gasteiger partial charge in [0, 0.05) is 74.3 Å². The molecular formula is C43H41F2N5O6. The lowest BCUT2D eigenvalue weighted by Crippen LogP contribution is -2.40. The average Bonchev–Trinajstić information content (AvgIpc) is 4.02. The van der Waals surface area contributed by atoms with Crippen molar-refractivity contribution >= 4 is 34.4 Å². The van der Waals surface area contributed by atoms with Crippen LogP contribution in [0, 0.1) is 0 Å². The predicted molar refractivity (Wildman–Crippen MR) is 209 cm³/mol. The number of imidazole rings is 1. The molecule has 4 heterocycles. The van der Waals surface area contributed by atoms with Crippen molar-refractivity contribution in [2.24, 2.45) is 14.1 Å². The van der Waals surface area contributed by atoms with Gasteiger partial charge in [-0.05, 0) is 71.7 Å². The zero-order valence-corrected chi connectivity index (χ0v) is 31.6. The molecule has 1 atom stereocenters. The van der Waals surface area contributed by atoms with Crippen molar-refractivity contribution in [1.29, 1.82) is 0 Å². The molecule has 1 fully saturated rings. The summed E-state index contributed by atoms with van der Waals surface area (Å²) in [7, 11) is 6.35. The molecule has 1 saturated carbocycles. The van der Waals surface area contributed by atoms with E-state index in [0.717, 1.165) is 35.0 Å². The van der Waals surface area contributed by atoms with Crippen molar-refractivity contribution in [3.63, 3.8) is 0 Å². The van der Waals surface area contributed by atoms with Crippen LogP contribution in [-0.2, 0) is 42.7 Å². The van der Waals surface area contributed by atoms with E-state index in [0.29, 0.717) is 68.7 Å². The van der Waals surface area contributed by atoms with Gasteiger partial charge in [-0.1, -0.05) is 24.3 Å². The van der Waals surface area contributed by atoms with Crippen LogP contribution in [-0.4, -0.2) is 56.9 Å². The van der Waals surface area contributed by atoms with Gasteiger partial charge < -0.3 is 23.6 Å². The molecule has 11 nitrogen and oxygen atoms in total. The van der Waals surface area contributed by atoms with Gasteiger partial charge >= 0.3 is 5.69 Å². The number of halogens is 2. The second-order valence-electron chi connectivity index (χ2n) is 14.8. The Morgan fingerprint density at radius 1 is 0.946 bits per heavy atom. The number of hydrogen-bond donors (Lipinski definition) is 0. The lowest BCUT2D eigenvalue weighted by Gasteiger charge is -2.35. The standard InChI is InChI=1S/C43H41F2N5O6/c1-47-21-33(31-18-36(25-10-11-25)46-19-32(31)41(47)53)28-16-38(55-3)34(39(17-28)56-4)22-49-20-27-13-12-26(15-35(27)43(44,45)24-49)30-8-5-9-37-40(30)48(2)42(54)50(37)29(23-52)7-6-14-51/h5,8-9,12-19,21,23,25,29H,6-7,10-11,20,22,24H2,1-4H3. The number of pyridine rings is 2. The summed E-state index contributed by atoms with van der Waals surface area (Å²) in [6, 6.07) is 15.0. The number of hydrogen-bond acceptors (Lipinski definition) is 8. The minimum atomic E-state index is -3.23. The summed E-state index contributed by atoms with van der Waals surface area (Å²) < 4.78 is 48.6. The number of carbonyl (C=O) groups is 2. The first-order chi connectivity index (χ1) is 27.0. The number of rotatable bonds is 12. The van der Waals surface area contributed by atoms with Crippen molar-refractivity contribution < 1.29 is 27.8 Å². The van der Waals surface area contributed by atoms with E-state index in [1.807, 2.05) is 18.2 Å². The summed E-state index contributed by atoms with van der Waals surface area (Å²) in [5.74, 6) is -1.90. The fourth-order valence-electron chi connectivity index (χ4n) is 8.21. The average molecular weight is 762 g/mol. The number of carbonyl (C=O) groups excluding carboxylic acids is 2. The summed E-state index contributed by atoms with van der Waals surface area (Å²) in [6.07, 6.45) is 7.22. The number of para-hydroxylation sites is 1. The molecular weight excluding hydrogens is 720 g/mol. The molecule has 1 aliphatic carbocycles. The highest BCUT2D eigenvalue weighted by Crippen LogP contribution is 2.44. The van der Waals surface area contributed by atoms with Crippen molar-refractivity contribution in [1.82, 2.24) is 23.6 Å². The molecule has 0 radical (unpaired) electrons. The van der Waals surface area contributed by atoms with Gasteiger partial charge in [0.1, 0.15) is 24.1 Å². The Hall–Kier alpha value is -5.95. The SMILES string of the molecule is COc1cc(-c2cn(C)c(=O)c3cnc(C4CC4)cc23)cc(OC)c1CN1Cc2ccc(-c3cccc4c3n(C)c(=O)n4C(C=O)CCC=O)cc2C(F)(F)C1. The fraction of sp³-hybridized carbons (Fsp3) is 0.326. The van der Waals surface area contributed by atoms with Crippen LogP contribution in [0.3, 0.4) is 0 Å². The molecule has 3 aromatic heterocycles. The molecule has 13 heteroatoms. The molecule has 8 rings (SSSR count). The van der Waals surface area contributed by atoms with E-state index in [-0.39, 0.29) is 37.1 Å². The Labute approximate surface area is 320 Å². The Bertz CT molecular complexity index is 2650. The molecule has 0 amide bonds. The normalized spacial score (nSPS) is 15.8. The number of methoxy groups -OCH3 is 2. The topological polar surface area (TPSA) is 118 Å². The van der Waals surface area contributed by atoms with E-state index in [2.05, 4.69) is 4.98 Å². The molecule has 1 aliphatic heterocycles. The largest absolute Gasteiger partial charge is 0.496 e. The van der Waals surface area contributed by atoms with E-state index in [9.17, 15) is 19.2 Å². The maximum absolute atomic E-state index is 16.3. The second-order valence-corrected chi connectivity index (χ2v) is 14.8. The third-order valence-corrected chi connectivity index (χ3v) is 11.2. The number of fused-ring (bicyclic) bond motifs is 3. The summed E-state index contributed by atoms with van der Waals surface area (Å²) in [6.45, 7) is -0.209. The Kier molecular flexibility index (Phi) is 9.43. The van der Waals surface area contributed by atoms with E-state index < -0.39 is 24.2 Å². The molecule has 56 heavy (non-hydrogen) atoms. The highest BCUT2D eigenvalue weighted by molar-refractivity contribution is 5.96. The van der Waals surface area contributed by atoms with E-state index in [1.54, 1.807) is 61.7 Å². The van der Waals surface area contributed by atoms with Gasteiger partial charge in [0.25, 0.3) is 11.5 Å². The van der Waals surface area contributed by atoms with Gasteiger partial charge in [0.2, 0.25) is 0 Å². The third-order valence-electron chi connectivity index (χ3n) is 11.2. The van der Waals surface area contributed by atoms with E-state index in [4.69, 9.17) is 9.47 Å². The lowest BCUT2D eigenvalue weighted by atomic mass is 9.91. The van der Waals surface area contributed by atoms with Gasteiger partial charge in [-0.15, -0.1) is 0 Å². The van der Waals surface area contributed by atoms with Gasteiger partial charge in [-0.3, -0.25) is 23.8 Å². The molecule has 6 aromatic rings. The highest BCUT2D eigenvalue weighted by Gasteiger charge is 2.41. The van der Waals surface area contributed by atoms with Gasteiger partial charge in [-0.2, -0.15) is 8.78 Å². The van der Waals surface area contributed by atoms with Gasteiger partial charge in [-0.25, -0.2) is 4.79 Å². The number of ether oxygens (including phenoxy) is 2. The van der Waals surface area contributed by atoms with Crippen molar-refractivity contribution in [2.45, 2.75) is 56.7 Å². The van der Waals surface area contributed by atoms with Gasteiger partial charge in [0.05, 0.1) is 48.8 Å². The van der Waals surface area contributed by atoms with Crippen LogP contribution in [0.15, 0.2) is 76.6 Å². The lowest BCUT2D eigenvalue weighted by molar-refractivity contribution is -0.111. The quantitative estimate of drug-likeness (QED) is 0.128. The summed E-state index contributed by atoms with van der Waals surface area (Å²) in [5.41, 5.74) is 4.97. The Morgan fingerprint density at radius 2 is 1.70 bits per heavy atom. The van der Waals surface area contributed by atoms with Crippen LogP contribution in [0.1, 0.15) is 60.0 Å². The molecule has 3 aromatic carbocycles. The summed E-state index contributed by atoms with van der Waals surface area (Å²) >= 11 is 0. The van der Waals surface area contributed by atoms with E-state index in [1.165, 1.54) is 34.0 Å². The third kappa shape index (κ3) is 6.29. The number of benzene rings is 3. The zero-order valence-electron chi connectivity index (χ0n) is 31.6. The molecule has 2 aliphatic rings. The Balaban J connectivity index is 1.13. The number of aromatic nitrogens is 4. The zero-order chi connectivity index (χ0) is 39.5. The van der Waals surface area contributed by atoms with Crippen LogP contribution in [0.2, 0.25) is 0 Å². The molecule has 0 spiro atoms. The van der Waals surface area contributed by atoms with Crippen LogP contribution in [0.25, 0.3) is 44.1 Å². The van der Waals surface area contributed by atoms with Crippen LogP contribution >= 0.6 is 0 Å². The van der Waals surface area contributed by atoms with Crippen LogP contribution in [0.4, 0.5) is 8.78 Å². The maximum atomic E-state index is 16.3.